The fourth-order valence-electron chi connectivity index (χ4n) is 2.73. The quantitative estimate of drug-likeness (QED) is 0.602. The number of carbonyl (C=O) groups is 1. The number of rotatable bonds is 5. The maximum Gasteiger partial charge on any atom is 0.287 e. The summed E-state index contributed by atoms with van der Waals surface area (Å²) < 4.78 is 5.54. The van der Waals surface area contributed by atoms with Gasteiger partial charge in [0.2, 0.25) is 0 Å². The molecule has 26 heavy (non-hydrogen) atoms. The molecule has 0 saturated carbocycles. The molecule has 1 aromatic carbocycles. The van der Waals surface area contributed by atoms with Gasteiger partial charge in [0.25, 0.3) is 11.6 Å². The highest BCUT2D eigenvalue weighted by atomic mass is 16.6. The van der Waals surface area contributed by atoms with Crippen molar-refractivity contribution in [3.63, 3.8) is 0 Å². The Morgan fingerprint density at radius 2 is 1.85 bits per heavy atom. The summed E-state index contributed by atoms with van der Waals surface area (Å²) in [5.41, 5.74) is 1.11. The molecule has 1 aromatic heterocycles. The van der Waals surface area contributed by atoms with Gasteiger partial charge in [0.1, 0.15) is 17.8 Å². The van der Waals surface area contributed by atoms with Crippen LogP contribution in [0.15, 0.2) is 42.6 Å². The SMILES string of the molecule is Cc1ccc(OCC(=O)N2CCN(c3ccc([N+](=O)[O-])cn3)CC2)cc1. The van der Waals surface area contributed by atoms with E-state index in [0.717, 1.165) is 5.56 Å². The molecule has 0 bridgehead atoms. The van der Waals surface area contributed by atoms with Crippen LogP contribution >= 0.6 is 0 Å². The highest BCUT2D eigenvalue weighted by molar-refractivity contribution is 5.78. The van der Waals surface area contributed by atoms with Crippen LogP contribution in [0.3, 0.4) is 0 Å². The number of benzene rings is 1. The van der Waals surface area contributed by atoms with E-state index >= 15 is 0 Å². The minimum absolute atomic E-state index is 0.0127. The smallest absolute Gasteiger partial charge is 0.287 e. The Hall–Kier alpha value is -3.16. The average Bonchev–Trinajstić information content (AvgIpc) is 2.67. The molecule has 1 aliphatic rings. The molecular weight excluding hydrogens is 336 g/mol. The number of hydrogen-bond acceptors (Lipinski definition) is 6. The van der Waals surface area contributed by atoms with Gasteiger partial charge in [-0.05, 0) is 25.1 Å². The molecule has 1 saturated heterocycles. The van der Waals surface area contributed by atoms with Crippen LogP contribution in [0.5, 0.6) is 5.75 Å². The van der Waals surface area contributed by atoms with Crippen molar-refractivity contribution >= 4 is 17.4 Å². The monoisotopic (exact) mass is 356 g/mol. The van der Waals surface area contributed by atoms with Crippen LogP contribution in [0.1, 0.15) is 5.56 Å². The van der Waals surface area contributed by atoms with Gasteiger partial charge in [0.15, 0.2) is 6.61 Å². The summed E-state index contributed by atoms with van der Waals surface area (Å²) >= 11 is 0. The fraction of sp³-hybridized carbons (Fsp3) is 0.333. The van der Waals surface area contributed by atoms with E-state index in [0.29, 0.717) is 37.7 Å². The van der Waals surface area contributed by atoms with Gasteiger partial charge >= 0.3 is 0 Å². The number of aromatic nitrogens is 1. The Kier molecular flexibility index (Phi) is 5.31. The lowest BCUT2D eigenvalue weighted by molar-refractivity contribution is -0.385. The normalized spacial score (nSPS) is 14.2. The van der Waals surface area contributed by atoms with Gasteiger partial charge in [-0.15, -0.1) is 0 Å². The molecule has 0 N–H and O–H groups in total. The summed E-state index contributed by atoms with van der Waals surface area (Å²) in [4.78, 5) is 30.4. The van der Waals surface area contributed by atoms with E-state index in [1.54, 1.807) is 11.0 Å². The summed E-state index contributed by atoms with van der Waals surface area (Å²) in [6.07, 6.45) is 1.25. The molecule has 0 unspecified atom stereocenters. The Morgan fingerprint density at radius 1 is 1.15 bits per heavy atom. The number of ether oxygens (including phenoxy) is 1. The number of piperazine rings is 1. The van der Waals surface area contributed by atoms with Crippen molar-refractivity contribution in [1.29, 1.82) is 0 Å². The molecule has 136 valence electrons. The summed E-state index contributed by atoms with van der Waals surface area (Å²) in [7, 11) is 0. The zero-order valence-corrected chi connectivity index (χ0v) is 14.5. The minimum atomic E-state index is -0.471. The first kappa shape index (κ1) is 17.7. The molecule has 1 fully saturated rings. The number of nitrogens with zero attached hydrogens (tertiary/aromatic N) is 4. The van der Waals surface area contributed by atoms with Crippen molar-refractivity contribution in [2.24, 2.45) is 0 Å². The third-order valence-corrected chi connectivity index (χ3v) is 4.28. The molecule has 0 radical (unpaired) electrons. The molecular formula is C18H20N4O4. The molecule has 1 amide bonds. The zero-order valence-electron chi connectivity index (χ0n) is 14.5. The van der Waals surface area contributed by atoms with Gasteiger partial charge in [-0.1, -0.05) is 17.7 Å². The van der Waals surface area contributed by atoms with Crippen molar-refractivity contribution < 1.29 is 14.5 Å². The third kappa shape index (κ3) is 4.27. The van der Waals surface area contributed by atoms with E-state index in [4.69, 9.17) is 4.74 Å². The van der Waals surface area contributed by atoms with Crippen molar-refractivity contribution in [2.45, 2.75) is 6.92 Å². The van der Waals surface area contributed by atoms with Crippen LogP contribution < -0.4 is 9.64 Å². The minimum Gasteiger partial charge on any atom is -0.484 e. The molecule has 8 nitrogen and oxygen atoms in total. The van der Waals surface area contributed by atoms with Crippen LogP contribution in [-0.4, -0.2) is 53.5 Å². The lowest BCUT2D eigenvalue weighted by atomic mass is 10.2. The van der Waals surface area contributed by atoms with Gasteiger partial charge in [-0.2, -0.15) is 0 Å². The number of amides is 1. The average molecular weight is 356 g/mol. The van der Waals surface area contributed by atoms with Crippen molar-refractivity contribution in [3.05, 3.63) is 58.3 Å². The number of anilines is 1. The predicted molar refractivity (Wildman–Crippen MR) is 96.4 cm³/mol. The lowest BCUT2D eigenvalue weighted by Crippen LogP contribution is -2.50. The highest BCUT2D eigenvalue weighted by Gasteiger charge is 2.22. The standard InChI is InChI=1S/C18H20N4O4/c1-14-2-5-16(6-3-14)26-13-18(23)21-10-8-20(9-11-21)17-7-4-15(12-19-17)22(24)25/h2-7,12H,8-11,13H2,1H3. The number of hydrogen-bond donors (Lipinski definition) is 0. The van der Waals surface area contributed by atoms with Gasteiger partial charge in [0.05, 0.1) is 4.92 Å². The van der Waals surface area contributed by atoms with Crippen LogP contribution in [0, 0.1) is 17.0 Å². The molecule has 2 heterocycles. The molecule has 1 aliphatic heterocycles. The van der Waals surface area contributed by atoms with Gasteiger partial charge < -0.3 is 14.5 Å². The first-order valence-electron chi connectivity index (χ1n) is 8.35. The van der Waals surface area contributed by atoms with Crippen molar-refractivity contribution in [2.75, 3.05) is 37.7 Å². The van der Waals surface area contributed by atoms with Crippen molar-refractivity contribution in [1.82, 2.24) is 9.88 Å². The maximum atomic E-state index is 12.3. The summed E-state index contributed by atoms with van der Waals surface area (Å²) in [5, 5.41) is 10.7. The van der Waals surface area contributed by atoms with Gasteiger partial charge in [-0.3, -0.25) is 14.9 Å². The second-order valence-corrected chi connectivity index (χ2v) is 6.10. The van der Waals surface area contributed by atoms with Crippen LogP contribution in [0.25, 0.3) is 0 Å². The summed E-state index contributed by atoms with van der Waals surface area (Å²) in [6.45, 7) is 4.39. The molecule has 2 aromatic rings. The van der Waals surface area contributed by atoms with E-state index in [2.05, 4.69) is 4.98 Å². The lowest BCUT2D eigenvalue weighted by Gasteiger charge is -2.35. The summed E-state index contributed by atoms with van der Waals surface area (Å²) in [5.74, 6) is 1.30. The summed E-state index contributed by atoms with van der Waals surface area (Å²) in [6, 6.07) is 10.7. The van der Waals surface area contributed by atoms with Gasteiger partial charge in [-0.25, -0.2) is 4.98 Å². The molecule has 0 aliphatic carbocycles. The second-order valence-electron chi connectivity index (χ2n) is 6.10. The zero-order chi connectivity index (χ0) is 18.5. The Bertz CT molecular complexity index is 769. The van der Waals surface area contributed by atoms with Gasteiger partial charge in [0, 0.05) is 32.2 Å². The fourth-order valence-corrected chi connectivity index (χ4v) is 2.73. The van der Waals surface area contributed by atoms with E-state index in [9.17, 15) is 14.9 Å². The maximum absolute atomic E-state index is 12.3. The van der Waals surface area contributed by atoms with E-state index in [1.165, 1.54) is 12.3 Å². The van der Waals surface area contributed by atoms with Crippen LogP contribution in [0.2, 0.25) is 0 Å². The molecule has 8 heteroatoms. The van der Waals surface area contributed by atoms with Crippen LogP contribution in [0.4, 0.5) is 11.5 Å². The Morgan fingerprint density at radius 3 is 2.42 bits per heavy atom. The predicted octanol–water partition coefficient (Wildman–Crippen LogP) is 2.03. The highest BCUT2D eigenvalue weighted by Crippen LogP contribution is 2.17. The first-order chi connectivity index (χ1) is 12.5. The Labute approximate surface area is 151 Å². The third-order valence-electron chi connectivity index (χ3n) is 4.28. The van der Waals surface area contributed by atoms with Crippen LogP contribution in [-0.2, 0) is 4.79 Å². The largest absolute Gasteiger partial charge is 0.484 e. The number of nitro groups is 1. The number of carbonyl (C=O) groups excluding carboxylic acids is 1. The number of aryl methyl sites for hydroxylation is 1. The van der Waals surface area contributed by atoms with Crippen molar-refractivity contribution in [3.8, 4) is 5.75 Å². The molecule has 0 atom stereocenters. The van der Waals surface area contributed by atoms with E-state index in [1.807, 2.05) is 36.1 Å². The number of pyridine rings is 1. The molecule has 3 rings (SSSR count). The molecule has 0 spiro atoms. The second kappa shape index (κ2) is 7.81. The van der Waals surface area contributed by atoms with E-state index in [-0.39, 0.29) is 18.2 Å². The first-order valence-corrected chi connectivity index (χ1v) is 8.35. The van der Waals surface area contributed by atoms with E-state index < -0.39 is 4.92 Å². The Balaban J connectivity index is 1.48. The topological polar surface area (TPSA) is 88.8 Å².